The van der Waals surface area contributed by atoms with Gasteiger partial charge in [0.05, 0.1) is 5.56 Å². The highest BCUT2D eigenvalue weighted by Crippen LogP contribution is 2.13. The molecule has 1 fully saturated rings. The lowest BCUT2D eigenvalue weighted by molar-refractivity contribution is 0.0789. The number of aromatic nitrogens is 1. The third kappa shape index (κ3) is 3.83. The van der Waals surface area contributed by atoms with Gasteiger partial charge < -0.3 is 10.2 Å². The van der Waals surface area contributed by atoms with Crippen LogP contribution >= 0.6 is 24.8 Å². The summed E-state index contributed by atoms with van der Waals surface area (Å²) in [4.78, 5) is 18.1. The Morgan fingerprint density at radius 3 is 2.72 bits per heavy atom. The van der Waals surface area contributed by atoms with Gasteiger partial charge in [0.1, 0.15) is 0 Å². The first kappa shape index (κ1) is 17.2. The van der Waals surface area contributed by atoms with Gasteiger partial charge in [-0.1, -0.05) is 0 Å². The fraction of sp³-hybridized carbons (Fsp3) is 0.500. The predicted octanol–water partition coefficient (Wildman–Crippen LogP) is 1.67. The molecular weight excluding hydrogens is 273 g/mol. The zero-order valence-corrected chi connectivity index (χ0v) is 12.2. The van der Waals surface area contributed by atoms with E-state index in [4.69, 9.17) is 0 Å². The molecule has 2 rings (SSSR count). The maximum absolute atomic E-state index is 12.1. The Labute approximate surface area is 120 Å². The van der Waals surface area contributed by atoms with E-state index in [1.54, 1.807) is 12.4 Å². The molecule has 1 aromatic rings. The predicted molar refractivity (Wildman–Crippen MR) is 76.8 cm³/mol. The van der Waals surface area contributed by atoms with Crippen LogP contribution in [-0.4, -0.2) is 42.0 Å². The number of carbonyl (C=O) groups excluding carboxylic acids is 1. The van der Waals surface area contributed by atoms with Crippen LogP contribution in [0.4, 0.5) is 0 Å². The molecule has 0 radical (unpaired) electrons. The highest BCUT2D eigenvalue weighted by atomic mass is 35.5. The van der Waals surface area contributed by atoms with E-state index in [1.165, 1.54) is 0 Å². The van der Waals surface area contributed by atoms with Gasteiger partial charge in [-0.05, 0) is 32.0 Å². The van der Waals surface area contributed by atoms with Crippen LogP contribution in [0.2, 0.25) is 0 Å². The SMILES string of the molecule is CNC1CCN(C(=O)c2cncc(C)c2)C1.Cl.Cl. The number of aryl methyl sites for hydroxylation is 1. The molecule has 1 amide bonds. The molecule has 1 aliphatic heterocycles. The van der Waals surface area contributed by atoms with Gasteiger partial charge in [0.25, 0.3) is 5.91 Å². The maximum atomic E-state index is 12.1. The fourth-order valence-corrected chi connectivity index (χ4v) is 2.03. The minimum atomic E-state index is 0. The van der Waals surface area contributed by atoms with Crippen molar-refractivity contribution < 1.29 is 4.79 Å². The highest BCUT2D eigenvalue weighted by molar-refractivity contribution is 5.94. The second-order valence-electron chi connectivity index (χ2n) is 4.28. The molecule has 6 heteroatoms. The minimum absolute atomic E-state index is 0. The number of hydrogen-bond donors (Lipinski definition) is 1. The summed E-state index contributed by atoms with van der Waals surface area (Å²) in [5.41, 5.74) is 1.71. The monoisotopic (exact) mass is 291 g/mol. The van der Waals surface area contributed by atoms with E-state index in [0.717, 1.165) is 25.1 Å². The molecule has 1 unspecified atom stereocenters. The summed E-state index contributed by atoms with van der Waals surface area (Å²) in [5.74, 6) is 0.0916. The molecule has 0 spiro atoms. The number of likely N-dealkylation sites (N-methyl/N-ethyl adjacent to an activating group) is 1. The van der Waals surface area contributed by atoms with E-state index in [0.29, 0.717) is 11.6 Å². The van der Waals surface area contributed by atoms with Crippen molar-refractivity contribution in [3.63, 3.8) is 0 Å². The van der Waals surface area contributed by atoms with Crippen molar-refractivity contribution in [3.05, 3.63) is 29.6 Å². The number of halogens is 2. The Balaban J connectivity index is 0.00000144. The van der Waals surface area contributed by atoms with E-state index < -0.39 is 0 Å². The van der Waals surface area contributed by atoms with Crippen LogP contribution in [0.25, 0.3) is 0 Å². The first-order valence-electron chi connectivity index (χ1n) is 5.59. The average molecular weight is 292 g/mol. The number of amides is 1. The molecule has 0 bridgehead atoms. The van der Waals surface area contributed by atoms with E-state index in [2.05, 4.69) is 10.3 Å². The quantitative estimate of drug-likeness (QED) is 0.902. The minimum Gasteiger partial charge on any atom is -0.337 e. The number of rotatable bonds is 2. The fourth-order valence-electron chi connectivity index (χ4n) is 2.03. The van der Waals surface area contributed by atoms with Crippen molar-refractivity contribution in [2.45, 2.75) is 19.4 Å². The first-order chi connectivity index (χ1) is 7.70. The third-order valence-electron chi connectivity index (χ3n) is 3.01. The van der Waals surface area contributed by atoms with E-state index >= 15 is 0 Å². The van der Waals surface area contributed by atoms with Gasteiger partial charge in [0, 0.05) is 31.5 Å². The van der Waals surface area contributed by atoms with Gasteiger partial charge in [-0.3, -0.25) is 9.78 Å². The summed E-state index contributed by atoms with van der Waals surface area (Å²) in [6, 6.07) is 2.32. The Morgan fingerprint density at radius 2 is 2.17 bits per heavy atom. The highest BCUT2D eigenvalue weighted by Gasteiger charge is 2.25. The van der Waals surface area contributed by atoms with Gasteiger partial charge >= 0.3 is 0 Å². The summed E-state index contributed by atoms with van der Waals surface area (Å²) in [7, 11) is 1.94. The summed E-state index contributed by atoms with van der Waals surface area (Å²) >= 11 is 0. The van der Waals surface area contributed by atoms with Crippen LogP contribution in [0.3, 0.4) is 0 Å². The molecular formula is C12H19Cl2N3O. The zero-order chi connectivity index (χ0) is 11.5. The Morgan fingerprint density at radius 1 is 1.44 bits per heavy atom. The molecule has 1 N–H and O–H groups in total. The van der Waals surface area contributed by atoms with Gasteiger partial charge in [0.15, 0.2) is 0 Å². The summed E-state index contributed by atoms with van der Waals surface area (Å²) in [6.07, 6.45) is 4.43. The van der Waals surface area contributed by atoms with Gasteiger partial charge in [-0.2, -0.15) is 0 Å². The van der Waals surface area contributed by atoms with E-state index in [1.807, 2.05) is 24.9 Å². The number of nitrogens with zero attached hydrogens (tertiary/aromatic N) is 2. The molecule has 102 valence electrons. The smallest absolute Gasteiger partial charge is 0.255 e. The third-order valence-corrected chi connectivity index (χ3v) is 3.01. The number of hydrogen-bond acceptors (Lipinski definition) is 3. The topological polar surface area (TPSA) is 45.2 Å². The molecule has 4 nitrogen and oxygen atoms in total. The Kier molecular flexibility index (Phi) is 7.21. The van der Waals surface area contributed by atoms with Crippen molar-refractivity contribution in [1.82, 2.24) is 15.2 Å². The van der Waals surface area contributed by atoms with Crippen molar-refractivity contribution in [1.29, 1.82) is 0 Å². The Bertz CT molecular complexity index is 401. The lowest BCUT2D eigenvalue weighted by Crippen LogP contribution is -2.33. The van der Waals surface area contributed by atoms with Crippen LogP contribution in [0.5, 0.6) is 0 Å². The molecule has 0 saturated carbocycles. The van der Waals surface area contributed by atoms with Crippen molar-refractivity contribution in [2.75, 3.05) is 20.1 Å². The van der Waals surface area contributed by atoms with Crippen molar-refractivity contribution in [3.8, 4) is 0 Å². The second-order valence-corrected chi connectivity index (χ2v) is 4.28. The summed E-state index contributed by atoms with van der Waals surface area (Å²) in [6.45, 7) is 3.58. The molecule has 0 aromatic carbocycles. The van der Waals surface area contributed by atoms with Crippen LogP contribution in [-0.2, 0) is 0 Å². The standard InChI is InChI=1S/C12H17N3O.2ClH/c1-9-5-10(7-14-6-9)12(16)15-4-3-11(8-15)13-2;;/h5-7,11,13H,3-4,8H2,1-2H3;2*1H. The molecule has 18 heavy (non-hydrogen) atoms. The van der Waals surface area contributed by atoms with E-state index in [9.17, 15) is 4.79 Å². The molecule has 2 heterocycles. The van der Waals surface area contributed by atoms with Crippen LogP contribution in [0, 0.1) is 6.92 Å². The second kappa shape index (κ2) is 7.56. The van der Waals surface area contributed by atoms with Crippen LogP contribution in [0.1, 0.15) is 22.3 Å². The molecule has 0 aliphatic carbocycles. The lowest BCUT2D eigenvalue weighted by Gasteiger charge is -2.16. The van der Waals surface area contributed by atoms with Crippen LogP contribution < -0.4 is 5.32 Å². The van der Waals surface area contributed by atoms with Gasteiger partial charge in [-0.15, -0.1) is 24.8 Å². The maximum Gasteiger partial charge on any atom is 0.255 e. The summed E-state index contributed by atoms with van der Waals surface area (Å²) < 4.78 is 0. The van der Waals surface area contributed by atoms with Gasteiger partial charge in [-0.25, -0.2) is 0 Å². The van der Waals surface area contributed by atoms with Crippen molar-refractivity contribution in [2.24, 2.45) is 0 Å². The van der Waals surface area contributed by atoms with Crippen molar-refractivity contribution >= 4 is 30.7 Å². The first-order valence-corrected chi connectivity index (χ1v) is 5.59. The molecule has 1 aliphatic rings. The zero-order valence-electron chi connectivity index (χ0n) is 10.5. The Hall–Kier alpha value is -0.840. The number of likely N-dealkylation sites (tertiary alicyclic amines) is 1. The average Bonchev–Trinajstić information content (AvgIpc) is 2.76. The molecule has 1 atom stereocenters. The molecule has 1 saturated heterocycles. The normalized spacial score (nSPS) is 17.9. The lowest BCUT2D eigenvalue weighted by atomic mass is 10.2. The number of nitrogens with one attached hydrogen (secondary N) is 1. The largest absolute Gasteiger partial charge is 0.337 e. The van der Waals surface area contributed by atoms with E-state index in [-0.39, 0.29) is 30.7 Å². The number of carbonyl (C=O) groups is 1. The van der Waals surface area contributed by atoms with Crippen LogP contribution in [0.15, 0.2) is 18.5 Å². The molecule has 1 aromatic heterocycles. The summed E-state index contributed by atoms with van der Waals surface area (Å²) in [5, 5.41) is 3.20. The number of pyridine rings is 1. The van der Waals surface area contributed by atoms with Gasteiger partial charge in [0.2, 0.25) is 0 Å².